The smallest absolute Gasteiger partial charge is 0.233 e. The van der Waals surface area contributed by atoms with Crippen LogP contribution < -0.4 is 10.1 Å². The molecule has 1 atom stereocenters. The third-order valence-electron chi connectivity index (χ3n) is 3.25. The number of aromatic nitrogens is 3. The molecule has 0 bridgehead atoms. The fourth-order valence-corrected chi connectivity index (χ4v) is 2.85. The minimum Gasteiger partial charge on any atom is -0.496 e. The Morgan fingerprint density at radius 2 is 2.22 bits per heavy atom. The van der Waals surface area contributed by atoms with Crippen LogP contribution in [-0.4, -0.2) is 39.6 Å². The first kappa shape index (κ1) is 17.1. The van der Waals surface area contributed by atoms with Crippen LogP contribution in [0.25, 0.3) is 11.4 Å². The number of nitrogens with zero attached hydrogens (tertiary/aromatic N) is 3. The standard InChI is InChI=1S/C16H20N4O2S/c1-5-10-17-15(21)11(2)23-16-19-18-14(20(16)3)12-8-6-7-9-13(12)22-4/h5-9,11H,1,10H2,2-4H3,(H,17,21)/t11-/m1/s1. The van der Waals surface area contributed by atoms with Crippen molar-refractivity contribution in [1.82, 2.24) is 20.1 Å². The molecule has 2 rings (SSSR count). The van der Waals surface area contributed by atoms with Gasteiger partial charge in [0.25, 0.3) is 0 Å². The molecule has 0 radical (unpaired) electrons. The second-order valence-corrected chi connectivity index (χ2v) is 6.17. The fraction of sp³-hybridized carbons (Fsp3) is 0.312. The number of carbonyl (C=O) groups excluding carboxylic acids is 1. The van der Waals surface area contributed by atoms with E-state index in [1.807, 2.05) is 42.8 Å². The normalized spacial score (nSPS) is 11.8. The molecule has 1 heterocycles. The van der Waals surface area contributed by atoms with Crippen LogP contribution in [0.3, 0.4) is 0 Å². The minimum absolute atomic E-state index is 0.0586. The van der Waals surface area contributed by atoms with Crippen molar-refractivity contribution in [2.24, 2.45) is 7.05 Å². The van der Waals surface area contributed by atoms with Crippen molar-refractivity contribution in [2.75, 3.05) is 13.7 Å². The van der Waals surface area contributed by atoms with E-state index >= 15 is 0 Å². The molecule has 7 heteroatoms. The highest BCUT2D eigenvalue weighted by molar-refractivity contribution is 8.00. The van der Waals surface area contributed by atoms with Gasteiger partial charge in [0.1, 0.15) is 5.75 Å². The lowest BCUT2D eigenvalue weighted by molar-refractivity contribution is -0.120. The molecule has 1 aromatic carbocycles. The second-order valence-electron chi connectivity index (χ2n) is 4.86. The molecule has 1 aromatic heterocycles. The van der Waals surface area contributed by atoms with Crippen molar-refractivity contribution in [3.63, 3.8) is 0 Å². The Bertz CT molecular complexity index is 699. The molecule has 0 spiro atoms. The monoisotopic (exact) mass is 332 g/mol. The van der Waals surface area contributed by atoms with Crippen LogP contribution in [0.2, 0.25) is 0 Å². The average Bonchev–Trinajstić information content (AvgIpc) is 2.93. The maximum absolute atomic E-state index is 11.9. The van der Waals surface area contributed by atoms with Gasteiger partial charge in [-0.15, -0.1) is 16.8 Å². The first-order chi connectivity index (χ1) is 11.1. The number of methoxy groups -OCH3 is 1. The van der Waals surface area contributed by atoms with E-state index in [1.54, 1.807) is 13.2 Å². The number of rotatable bonds is 7. The molecule has 0 fully saturated rings. The summed E-state index contributed by atoms with van der Waals surface area (Å²) in [4.78, 5) is 11.9. The van der Waals surface area contributed by atoms with Crippen molar-refractivity contribution >= 4 is 17.7 Å². The average molecular weight is 332 g/mol. The lowest BCUT2D eigenvalue weighted by atomic mass is 10.2. The van der Waals surface area contributed by atoms with E-state index in [1.165, 1.54) is 11.8 Å². The summed E-state index contributed by atoms with van der Waals surface area (Å²) in [6.45, 7) is 5.87. The molecular weight excluding hydrogens is 312 g/mol. The van der Waals surface area contributed by atoms with Gasteiger partial charge < -0.3 is 14.6 Å². The molecule has 6 nitrogen and oxygen atoms in total. The molecule has 0 aliphatic rings. The summed E-state index contributed by atoms with van der Waals surface area (Å²) in [5.41, 5.74) is 0.862. The Morgan fingerprint density at radius 3 is 2.91 bits per heavy atom. The predicted octanol–water partition coefficient (Wildman–Crippen LogP) is 2.27. The van der Waals surface area contributed by atoms with Gasteiger partial charge in [-0.05, 0) is 19.1 Å². The fourth-order valence-electron chi connectivity index (χ4n) is 2.01. The van der Waals surface area contributed by atoms with E-state index in [2.05, 4.69) is 22.1 Å². The summed E-state index contributed by atoms with van der Waals surface area (Å²) in [6, 6.07) is 7.63. The van der Waals surface area contributed by atoms with Crippen LogP contribution in [0.15, 0.2) is 42.1 Å². The molecule has 0 unspecified atom stereocenters. The number of benzene rings is 1. The summed E-state index contributed by atoms with van der Waals surface area (Å²) in [5, 5.41) is 11.6. The molecule has 1 N–H and O–H groups in total. The molecule has 2 aromatic rings. The van der Waals surface area contributed by atoms with Gasteiger partial charge >= 0.3 is 0 Å². The predicted molar refractivity (Wildman–Crippen MR) is 91.5 cm³/mol. The van der Waals surface area contributed by atoms with E-state index in [0.29, 0.717) is 17.5 Å². The number of hydrogen-bond acceptors (Lipinski definition) is 5. The Hall–Kier alpha value is -2.28. The lowest BCUT2D eigenvalue weighted by Crippen LogP contribution is -2.31. The largest absolute Gasteiger partial charge is 0.496 e. The zero-order valence-electron chi connectivity index (χ0n) is 13.4. The number of para-hydroxylation sites is 1. The van der Waals surface area contributed by atoms with Crippen molar-refractivity contribution in [3.8, 4) is 17.1 Å². The van der Waals surface area contributed by atoms with Gasteiger partial charge in [0.15, 0.2) is 11.0 Å². The highest BCUT2D eigenvalue weighted by Crippen LogP contribution is 2.30. The highest BCUT2D eigenvalue weighted by Gasteiger charge is 2.20. The molecule has 0 aliphatic carbocycles. The lowest BCUT2D eigenvalue weighted by Gasteiger charge is -2.11. The van der Waals surface area contributed by atoms with E-state index in [-0.39, 0.29) is 11.2 Å². The van der Waals surface area contributed by atoms with E-state index in [9.17, 15) is 4.79 Å². The Balaban J connectivity index is 2.19. The van der Waals surface area contributed by atoms with Gasteiger partial charge in [0.05, 0.1) is 17.9 Å². The second kappa shape index (κ2) is 7.82. The molecule has 0 aliphatic heterocycles. The Morgan fingerprint density at radius 1 is 1.48 bits per heavy atom. The van der Waals surface area contributed by atoms with E-state index < -0.39 is 0 Å². The topological polar surface area (TPSA) is 69.0 Å². The van der Waals surface area contributed by atoms with Crippen LogP contribution in [0.5, 0.6) is 5.75 Å². The van der Waals surface area contributed by atoms with Gasteiger partial charge in [0, 0.05) is 13.6 Å². The maximum atomic E-state index is 11.9. The van der Waals surface area contributed by atoms with Crippen molar-refractivity contribution in [2.45, 2.75) is 17.3 Å². The van der Waals surface area contributed by atoms with Gasteiger partial charge in [-0.25, -0.2) is 0 Å². The van der Waals surface area contributed by atoms with Crippen molar-refractivity contribution in [1.29, 1.82) is 0 Å². The third kappa shape index (κ3) is 3.92. The molecular formula is C16H20N4O2S. The molecule has 23 heavy (non-hydrogen) atoms. The zero-order valence-corrected chi connectivity index (χ0v) is 14.3. The number of carbonyl (C=O) groups is 1. The summed E-state index contributed by atoms with van der Waals surface area (Å²) in [5.74, 6) is 1.37. The molecule has 122 valence electrons. The number of nitrogens with one attached hydrogen (secondary N) is 1. The molecule has 0 saturated carbocycles. The third-order valence-corrected chi connectivity index (χ3v) is 4.39. The number of amides is 1. The van der Waals surface area contributed by atoms with Gasteiger partial charge in [-0.3, -0.25) is 4.79 Å². The van der Waals surface area contributed by atoms with Gasteiger partial charge in [0.2, 0.25) is 5.91 Å². The van der Waals surface area contributed by atoms with E-state index in [0.717, 1.165) is 11.3 Å². The van der Waals surface area contributed by atoms with Crippen molar-refractivity contribution in [3.05, 3.63) is 36.9 Å². The zero-order chi connectivity index (χ0) is 16.8. The summed E-state index contributed by atoms with van der Waals surface area (Å²) in [7, 11) is 3.50. The van der Waals surface area contributed by atoms with Crippen LogP contribution in [-0.2, 0) is 11.8 Å². The van der Waals surface area contributed by atoms with Crippen LogP contribution in [0.1, 0.15) is 6.92 Å². The number of hydrogen-bond donors (Lipinski definition) is 1. The summed E-state index contributed by atoms with van der Waals surface area (Å²) >= 11 is 1.36. The van der Waals surface area contributed by atoms with Gasteiger partial charge in [-0.2, -0.15) is 0 Å². The maximum Gasteiger partial charge on any atom is 0.233 e. The van der Waals surface area contributed by atoms with Crippen molar-refractivity contribution < 1.29 is 9.53 Å². The molecule has 0 saturated heterocycles. The van der Waals surface area contributed by atoms with Crippen LogP contribution >= 0.6 is 11.8 Å². The van der Waals surface area contributed by atoms with Crippen LogP contribution in [0, 0.1) is 0 Å². The SMILES string of the molecule is C=CCNC(=O)[C@@H](C)Sc1nnc(-c2ccccc2OC)n1C. The Labute approximate surface area is 139 Å². The first-order valence-electron chi connectivity index (χ1n) is 7.16. The highest BCUT2D eigenvalue weighted by atomic mass is 32.2. The minimum atomic E-state index is -0.275. The Kier molecular flexibility index (Phi) is 5.81. The summed E-state index contributed by atoms with van der Waals surface area (Å²) in [6.07, 6.45) is 1.65. The molecule has 1 amide bonds. The van der Waals surface area contributed by atoms with Crippen LogP contribution in [0.4, 0.5) is 0 Å². The van der Waals surface area contributed by atoms with E-state index in [4.69, 9.17) is 4.74 Å². The summed E-state index contributed by atoms with van der Waals surface area (Å²) < 4.78 is 7.23. The van der Waals surface area contributed by atoms with Gasteiger partial charge in [-0.1, -0.05) is 30.0 Å². The quantitative estimate of drug-likeness (QED) is 0.622. The first-order valence-corrected chi connectivity index (χ1v) is 8.04. The number of thioether (sulfide) groups is 1. The number of ether oxygens (including phenoxy) is 1.